The van der Waals surface area contributed by atoms with Crippen molar-refractivity contribution < 1.29 is 4.79 Å². The van der Waals surface area contributed by atoms with Gasteiger partial charge < -0.3 is 4.90 Å². The maximum atomic E-state index is 13.1. The minimum Gasteiger partial charge on any atom is -0.312 e. The van der Waals surface area contributed by atoms with Crippen molar-refractivity contribution in [1.29, 1.82) is 0 Å². The number of fused-ring (bicyclic) bond motifs is 6. The first-order valence-electron chi connectivity index (χ1n) is 14.5. The highest BCUT2D eigenvalue weighted by molar-refractivity contribution is 5.95. The fourth-order valence-corrected chi connectivity index (χ4v) is 9.69. The van der Waals surface area contributed by atoms with E-state index in [1.54, 1.807) is 5.57 Å². The molecule has 34 heavy (non-hydrogen) atoms. The molecule has 0 spiro atoms. The lowest BCUT2D eigenvalue weighted by Crippen LogP contribution is -2.52. The van der Waals surface area contributed by atoms with E-state index >= 15 is 0 Å². The van der Waals surface area contributed by atoms with Crippen LogP contribution in [0.4, 0.5) is 5.69 Å². The van der Waals surface area contributed by atoms with Crippen molar-refractivity contribution >= 4 is 11.6 Å². The summed E-state index contributed by atoms with van der Waals surface area (Å²) in [5.74, 6) is 4.11. The van der Waals surface area contributed by atoms with E-state index in [4.69, 9.17) is 0 Å². The summed E-state index contributed by atoms with van der Waals surface area (Å²) in [5, 5.41) is 0. The Morgan fingerprint density at radius 3 is 2.82 bits per heavy atom. The van der Waals surface area contributed by atoms with Crippen LogP contribution in [0.1, 0.15) is 102 Å². The molecule has 6 atom stereocenters. The van der Waals surface area contributed by atoms with Gasteiger partial charge >= 0.3 is 0 Å². The summed E-state index contributed by atoms with van der Waals surface area (Å²) in [4.78, 5) is 15.1. The van der Waals surface area contributed by atoms with Crippen molar-refractivity contribution in [3.8, 4) is 0 Å². The number of nitrogens with zero attached hydrogens (tertiary/aromatic N) is 1. The first-order chi connectivity index (χ1) is 16.4. The molecule has 0 bridgehead atoms. The predicted molar refractivity (Wildman–Crippen MR) is 141 cm³/mol. The van der Waals surface area contributed by atoms with Gasteiger partial charge in [0.2, 0.25) is 5.91 Å². The fourth-order valence-electron chi connectivity index (χ4n) is 9.69. The van der Waals surface area contributed by atoms with Gasteiger partial charge in [-0.1, -0.05) is 56.0 Å². The van der Waals surface area contributed by atoms with E-state index in [1.807, 2.05) is 0 Å². The Hall–Kier alpha value is -1.57. The number of benzene rings is 1. The Morgan fingerprint density at radius 2 is 1.94 bits per heavy atom. The van der Waals surface area contributed by atoms with Crippen molar-refractivity contribution in [2.45, 2.75) is 104 Å². The molecule has 1 aromatic carbocycles. The first kappa shape index (κ1) is 22.9. The van der Waals surface area contributed by atoms with E-state index in [-0.39, 0.29) is 0 Å². The van der Waals surface area contributed by atoms with E-state index < -0.39 is 0 Å². The topological polar surface area (TPSA) is 20.3 Å². The molecule has 3 fully saturated rings. The van der Waals surface area contributed by atoms with Crippen molar-refractivity contribution in [2.75, 3.05) is 11.4 Å². The third-order valence-corrected chi connectivity index (χ3v) is 11.6. The lowest BCUT2D eigenvalue weighted by molar-refractivity contribution is -0.118. The Balaban J connectivity index is 1.08. The molecule has 2 heteroatoms. The van der Waals surface area contributed by atoms with Crippen molar-refractivity contribution in [3.63, 3.8) is 0 Å². The zero-order valence-electron chi connectivity index (χ0n) is 21.9. The maximum Gasteiger partial charge on any atom is 0.227 e. The second kappa shape index (κ2) is 8.52. The quantitative estimate of drug-likeness (QED) is 0.417. The number of carbonyl (C=O) groups is 1. The van der Waals surface area contributed by atoms with Crippen LogP contribution in [0.2, 0.25) is 0 Å². The highest BCUT2D eigenvalue weighted by Gasteiger charge is 2.57. The van der Waals surface area contributed by atoms with Crippen LogP contribution in [-0.4, -0.2) is 12.5 Å². The van der Waals surface area contributed by atoms with Gasteiger partial charge in [-0.25, -0.2) is 0 Å². The summed E-state index contributed by atoms with van der Waals surface area (Å²) in [6.07, 6.45) is 19.5. The van der Waals surface area contributed by atoms with Crippen molar-refractivity contribution in [3.05, 3.63) is 41.0 Å². The van der Waals surface area contributed by atoms with Crippen LogP contribution in [0.15, 0.2) is 29.8 Å². The molecule has 4 aliphatic carbocycles. The second-order valence-electron chi connectivity index (χ2n) is 13.1. The van der Waals surface area contributed by atoms with Gasteiger partial charge in [-0.05, 0) is 117 Å². The Morgan fingerprint density at radius 1 is 1.06 bits per heavy atom. The minimum absolute atomic E-state index is 0.329. The van der Waals surface area contributed by atoms with Crippen LogP contribution in [-0.2, 0) is 11.2 Å². The van der Waals surface area contributed by atoms with E-state index in [0.29, 0.717) is 23.2 Å². The zero-order valence-corrected chi connectivity index (χ0v) is 21.9. The number of aryl methyl sites for hydroxylation is 1. The summed E-state index contributed by atoms with van der Waals surface area (Å²) < 4.78 is 0. The van der Waals surface area contributed by atoms with Crippen LogP contribution in [0.25, 0.3) is 0 Å². The van der Waals surface area contributed by atoms with Gasteiger partial charge in [-0.3, -0.25) is 4.79 Å². The zero-order chi connectivity index (χ0) is 23.5. The molecule has 1 heterocycles. The molecule has 0 saturated heterocycles. The van der Waals surface area contributed by atoms with E-state index in [9.17, 15) is 4.79 Å². The summed E-state index contributed by atoms with van der Waals surface area (Å²) >= 11 is 0. The standard InChI is InChI=1S/C32H45NO/c1-22-10-15-29-23(21-22)17-20-33(29)30(34)9-6-8-25-12-14-27-26-13-11-24-7-4-5-18-31(24,2)28(26)16-19-32(25,27)3/h10,12,15,21,24,26-28H,4-9,11,13-14,16-20H2,1-3H3. The Labute approximate surface area is 207 Å². The van der Waals surface area contributed by atoms with Gasteiger partial charge in [-0.2, -0.15) is 0 Å². The molecular weight excluding hydrogens is 414 g/mol. The van der Waals surface area contributed by atoms with E-state index in [0.717, 1.165) is 55.2 Å². The molecule has 1 aromatic rings. The van der Waals surface area contributed by atoms with E-state index in [2.05, 4.69) is 49.9 Å². The summed E-state index contributed by atoms with van der Waals surface area (Å²) in [6.45, 7) is 8.29. The molecule has 5 aliphatic rings. The van der Waals surface area contributed by atoms with Gasteiger partial charge in [0.15, 0.2) is 0 Å². The average Bonchev–Trinajstić information content (AvgIpc) is 3.39. The Kier molecular flexibility index (Phi) is 5.73. The summed E-state index contributed by atoms with van der Waals surface area (Å²) in [6, 6.07) is 6.55. The van der Waals surface area contributed by atoms with Crippen molar-refractivity contribution in [2.24, 2.45) is 34.5 Å². The van der Waals surface area contributed by atoms with Gasteiger partial charge in [-0.15, -0.1) is 0 Å². The van der Waals surface area contributed by atoms with Crippen LogP contribution >= 0.6 is 0 Å². The maximum absolute atomic E-state index is 13.1. The highest BCUT2D eigenvalue weighted by Crippen LogP contribution is 2.66. The number of amides is 1. The molecular formula is C32H45NO. The third kappa shape index (κ3) is 3.53. The molecule has 0 radical (unpaired) electrons. The lowest BCUT2D eigenvalue weighted by atomic mass is 9.45. The summed E-state index contributed by atoms with van der Waals surface area (Å²) in [7, 11) is 0. The monoisotopic (exact) mass is 459 g/mol. The number of carbonyl (C=O) groups excluding carboxylic acids is 1. The molecule has 0 N–H and O–H groups in total. The Bertz CT molecular complexity index is 993. The van der Waals surface area contributed by atoms with Crippen LogP contribution in [0, 0.1) is 41.4 Å². The van der Waals surface area contributed by atoms with Gasteiger partial charge in [0.1, 0.15) is 0 Å². The molecule has 3 saturated carbocycles. The van der Waals surface area contributed by atoms with Crippen LogP contribution in [0.3, 0.4) is 0 Å². The molecule has 6 unspecified atom stereocenters. The van der Waals surface area contributed by atoms with E-state index in [1.165, 1.54) is 68.9 Å². The molecule has 6 rings (SSSR count). The van der Waals surface area contributed by atoms with Gasteiger partial charge in [0.25, 0.3) is 0 Å². The molecule has 184 valence electrons. The molecule has 1 amide bonds. The van der Waals surface area contributed by atoms with Crippen LogP contribution < -0.4 is 4.90 Å². The first-order valence-corrected chi connectivity index (χ1v) is 14.5. The molecule has 1 aliphatic heterocycles. The normalized spacial score (nSPS) is 38.6. The van der Waals surface area contributed by atoms with Crippen LogP contribution in [0.5, 0.6) is 0 Å². The predicted octanol–water partition coefficient (Wildman–Crippen LogP) is 8.02. The third-order valence-electron chi connectivity index (χ3n) is 11.6. The average molecular weight is 460 g/mol. The summed E-state index contributed by atoms with van der Waals surface area (Å²) in [5.41, 5.74) is 6.54. The van der Waals surface area contributed by atoms with Gasteiger partial charge in [0.05, 0.1) is 0 Å². The largest absolute Gasteiger partial charge is 0.312 e. The number of hydrogen-bond acceptors (Lipinski definition) is 1. The highest BCUT2D eigenvalue weighted by atomic mass is 16.2. The number of hydrogen-bond donors (Lipinski definition) is 0. The number of anilines is 1. The number of rotatable bonds is 4. The van der Waals surface area contributed by atoms with Gasteiger partial charge in [0, 0.05) is 18.7 Å². The smallest absolute Gasteiger partial charge is 0.227 e. The lowest BCUT2D eigenvalue weighted by Gasteiger charge is -2.60. The van der Waals surface area contributed by atoms with Crippen molar-refractivity contribution in [1.82, 2.24) is 0 Å². The molecule has 0 aromatic heterocycles. The molecule has 2 nitrogen and oxygen atoms in total. The minimum atomic E-state index is 0.329. The fraction of sp³-hybridized carbons (Fsp3) is 0.719. The second-order valence-corrected chi connectivity index (χ2v) is 13.1. The number of allylic oxidation sites excluding steroid dienone is 2. The SMILES string of the molecule is Cc1ccc2c(c1)CCN2C(=O)CCCC1=CCC2C3CCC4CCCCC4(C)C3CCC12C.